The predicted molar refractivity (Wildman–Crippen MR) is 70.3 cm³/mol. The first-order valence-electron chi connectivity index (χ1n) is 6.12. The molecular formula is C14H19N3O. The van der Waals surface area contributed by atoms with Crippen LogP contribution in [0.3, 0.4) is 0 Å². The molecule has 1 unspecified atom stereocenters. The van der Waals surface area contributed by atoms with Gasteiger partial charge in [-0.25, -0.2) is 4.98 Å². The minimum absolute atomic E-state index is 0.422. The average molecular weight is 245 g/mol. The topological polar surface area (TPSA) is 50.9 Å². The summed E-state index contributed by atoms with van der Waals surface area (Å²) < 4.78 is 1.70. The van der Waals surface area contributed by atoms with E-state index in [2.05, 4.69) is 42.1 Å². The van der Waals surface area contributed by atoms with E-state index in [9.17, 15) is 5.11 Å². The number of benzene rings is 1. The molecule has 2 rings (SSSR count). The van der Waals surface area contributed by atoms with Crippen molar-refractivity contribution < 1.29 is 5.11 Å². The number of aromatic nitrogens is 3. The highest BCUT2D eigenvalue weighted by atomic mass is 16.3. The van der Waals surface area contributed by atoms with E-state index in [4.69, 9.17) is 0 Å². The lowest BCUT2D eigenvalue weighted by atomic mass is 10.0. The van der Waals surface area contributed by atoms with Crippen LogP contribution in [0.2, 0.25) is 0 Å². The van der Waals surface area contributed by atoms with Crippen LogP contribution >= 0.6 is 0 Å². The van der Waals surface area contributed by atoms with Crippen LogP contribution in [0.1, 0.15) is 22.5 Å². The summed E-state index contributed by atoms with van der Waals surface area (Å²) in [5.74, 6) is 0.812. The van der Waals surface area contributed by atoms with Crippen molar-refractivity contribution in [2.45, 2.75) is 32.8 Å². The van der Waals surface area contributed by atoms with Gasteiger partial charge in [-0.2, -0.15) is 5.10 Å². The third-order valence-corrected chi connectivity index (χ3v) is 2.98. The Morgan fingerprint density at radius 2 is 1.83 bits per heavy atom. The lowest BCUT2D eigenvalue weighted by molar-refractivity contribution is 0.171. The van der Waals surface area contributed by atoms with Gasteiger partial charge in [0.2, 0.25) is 0 Å². The van der Waals surface area contributed by atoms with E-state index in [1.54, 1.807) is 4.68 Å². The lowest BCUT2D eigenvalue weighted by Crippen LogP contribution is -2.17. The highest BCUT2D eigenvalue weighted by Gasteiger charge is 2.11. The van der Waals surface area contributed by atoms with Gasteiger partial charge in [0, 0.05) is 13.5 Å². The number of rotatable bonds is 4. The van der Waals surface area contributed by atoms with E-state index in [0.717, 1.165) is 5.82 Å². The van der Waals surface area contributed by atoms with Crippen molar-refractivity contribution in [3.05, 3.63) is 47.0 Å². The first kappa shape index (κ1) is 12.8. The Labute approximate surface area is 107 Å². The number of hydrogen-bond acceptors (Lipinski definition) is 3. The smallest absolute Gasteiger partial charge is 0.138 e. The second-order valence-electron chi connectivity index (χ2n) is 4.86. The van der Waals surface area contributed by atoms with Crippen molar-refractivity contribution in [1.82, 2.24) is 14.8 Å². The van der Waals surface area contributed by atoms with Crippen LogP contribution in [0.25, 0.3) is 0 Å². The molecule has 1 aromatic heterocycles. The molecule has 0 fully saturated rings. The van der Waals surface area contributed by atoms with Gasteiger partial charge in [0.1, 0.15) is 12.2 Å². The number of aliphatic hydroxyl groups excluding tert-OH is 1. The molecule has 0 bridgehead atoms. The fourth-order valence-corrected chi connectivity index (χ4v) is 2.25. The Kier molecular flexibility index (Phi) is 3.77. The van der Waals surface area contributed by atoms with Crippen molar-refractivity contribution >= 4 is 0 Å². The Morgan fingerprint density at radius 1 is 1.17 bits per heavy atom. The normalized spacial score (nSPS) is 12.7. The number of aryl methyl sites for hydroxylation is 3. The zero-order valence-corrected chi connectivity index (χ0v) is 11.1. The van der Waals surface area contributed by atoms with Crippen LogP contribution in [0, 0.1) is 13.8 Å². The van der Waals surface area contributed by atoms with Gasteiger partial charge >= 0.3 is 0 Å². The molecule has 1 N–H and O–H groups in total. The molecule has 0 aliphatic carbocycles. The first-order chi connectivity index (χ1) is 8.54. The molecule has 1 aromatic carbocycles. The van der Waals surface area contributed by atoms with Crippen LogP contribution < -0.4 is 0 Å². The molecule has 0 saturated carbocycles. The maximum absolute atomic E-state index is 10.1. The van der Waals surface area contributed by atoms with Crippen molar-refractivity contribution in [2.24, 2.45) is 7.05 Å². The minimum Gasteiger partial charge on any atom is -0.392 e. The van der Waals surface area contributed by atoms with E-state index < -0.39 is 6.10 Å². The highest BCUT2D eigenvalue weighted by molar-refractivity contribution is 5.29. The number of hydrogen-bond donors (Lipinski definition) is 1. The second-order valence-corrected chi connectivity index (χ2v) is 4.86. The van der Waals surface area contributed by atoms with Gasteiger partial charge in [-0.3, -0.25) is 4.68 Å². The average Bonchev–Trinajstić information content (AvgIpc) is 2.62. The molecule has 2 aromatic rings. The van der Waals surface area contributed by atoms with Crippen LogP contribution in [0.4, 0.5) is 0 Å². The van der Waals surface area contributed by atoms with E-state index in [-0.39, 0.29) is 0 Å². The molecule has 0 amide bonds. The fraction of sp³-hybridized carbons (Fsp3) is 0.429. The standard InChI is InChI=1S/C14H19N3O/c1-10-4-11(2)6-12(5-10)7-13(18)8-14-15-9-16-17(14)3/h4-6,9,13,18H,7-8H2,1-3H3. The van der Waals surface area contributed by atoms with Crippen molar-refractivity contribution in [1.29, 1.82) is 0 Å². The molecule has 0 saturated heterocycles. The largest absolute Gasteiger partial charge is 0.392 e. The summed E-state index contributed by atoms with van der Waals surface area (Å²) in [4.78, 5) is 4.12. The molecule has 0 radical (unpaired) electrons. The summed E-state index contributed by atoms with van der Waals surface area (Å²) in [7, 11) is 1.84. The van der Waals surface area contributed by atoms with Gasteiger partial charge in [0.05, 0.1) is 6.10 Å². The Balaban J connectivity index is 2.03. The Bertz CT molecular complexity index is 513. The van der Waals surface area contributed by atoms with Gasteiger partial charge in [0.25, 0.3) is 0 Å². The summed E-state index contributed by atoms with van der Waals surface area (Å²) in [6.45, 7) is 4.15. The molecule has 4 heteroatoms. The molecule has 0 aliphatic heterocycles. The van der Waals surface area contributed by atoms with Gasteiger partial charge < -0.3 is 5.11 Å². The zero-order valence-electron chi connectivity index (χ0n) is 11.1. The van der Waals surface area contributed by atoms with Gasteiger partial charge in [0.15, 0.2) is 0 Å². The summed E-state index contributed by atoms with van der Waals surface area (Å²) >= 11 is 0. The van der Waals surface area contributed by atoms with Crippen LogP contribution in [0.15, 0.2) is 24.5 Å². The molecule has 0 spiro atoms. The van der Waals surface area contributed by atoms with E-state index in [1.165, 1.54) is 23.0 Å². The Morgan fingerprint density at radius 3 is 2.39 bits per heavy atom. The third kappa shape index (κ3) is 3.17. The summed E-state index contributed by atoms with van der Waals surface area (Å²) in [6.07, 6.45) is 2.27. The second kappa shape index (κ2) is 5.31. The highest BCUT2D eigenvalue weighted by Crippen LogP contribution is 2.12. The Hall–Kier alpha value is -1.68. The van der Waals surface area contributed by atoms with E-state index in [0.29, 0.717) is 12.8 Å². The van der Waals surface area contributed by atoms with Gasteiger partial charge in [-0.1, -0.05) is 29.3 Å². The number of aliphatic hydroxyl groups is 1. The molecule has 4 nitrogen and oxygen atoms in total. The van der Waals surface area contributed by atoms with Gasteiger partial charge in [-0.15, -0.1) is 0 Å². The summed E-state index contributed by atoms with van der Waals surface area (Å²) in [6, 6.07) is 6.37. The predicted octanol–water partition coefficient (Wildman–Crippen LogP) is 1.58. The summed E-state index contributed by atoms with van der Waals surface area (Å²) in [5.41, 5.74) is 3.63. The first-order valence-corrected chi connectivity index (χ1v) is 6.12. The van der Waals surface area contributed by atoms with Crippen LogP contribution in [0.5, 0.6) is 0 Å². The SMILES string of the molecule is Cc1cc(C)cc(CC(O)Cc2ncnn2C)c1. The molecule has 18 heavy (non-hydrogen) atoms. The zero-order chi connectivity index (χ0) is 13.1. The summed E-state index contributed by atoms with van der Waals surface area (Å²) in [5, 5.41) is 14.1. The maximum Gasteiger partial charge on any atom is 0.138 e. The van der Waals surface area contributed by atoms with Crippen molar-refractivity contribution in [2.75, 3.05) is 0 Å². The van der Waals surface area contributed by atoms with E-state index >= 15 is 0 Å². The van der Waals surface area contributed by atoms with Crippen molar-refractivity contribution in [3.63, 3.8) is 0 Å². The molecule has 96 valence electrons. The van der Waals surface area contributed by atoms with E-state index in [1.807, 2.05) is 7.05 Å². The molecule has 1 heterocycles. The minimum atomic E-state index is -0.422. The lowest BCUT2D eigenvalue weighted by Gasteiger charge is -2.11. The van der Waals surface area contributed by atoms with Gasteiger partial charge in [-0.05, 0) is 25.8 Å². The molecular weight excluding hydrogens is 226 g/mol. The number of nitrogens with zero attached hydrogens (tertiary/aromatic N) is 3. The fourth-order valence-electron chi connectivity index (χ4n) is 2.25. The monoisotopic (exact) mass is 245 g/mol. The molecule has 1 atom stereocenters. The maximum atomic E-state index is 10.1. The molecule has 0 aliphatic rings. The van der Waals surface area contributed by atoms with Crippen LogP contribution in [-0.4, -0.2) is 26.0 Å². The van der Waals surface area contributed by atoms with Crippen LogP contribution in [-0.2, 0) is 19.9 Å². The quantitative estimate of drug-likeness (QED) is 0.889. The third-order valence-electron chi connectivity index (χ3n) is 2.98. The van der Waals surface area contributed by atoms with Crippen molar-refractivity contribution in [3.8, 4) is 0 Å².